The number of carbonyl (C=O) groups excluding carboxylic acids is 1. The van der Waals surface area contributed by atoms with E-state index in [-0.39, 0.29) is 17.4 Å². The van der Waals surface area contributed by atoms with Gasteiger partial charge in [0.25, 0.3) is 0 Å². The number of likely N-dealkylation sites (tertiary alicyclic amines) is 1. The Balaban J connectivity index is 2.49. The molecule has 0 bridgehead atoms. The van der Waals surface area contributed by atoms with Crippen molar-refractivity contribution in [2.24, 2.45) is 5.41 Å². The van der Waals surface area contributed by atoms with E-state index >= 15 is 0 Å². The Morgan fingerprint density at radius 1 is 1.41 bits per heavy atom. The highest BCUT2D eigenvalue weighted by atomic mass is 16.2. The van der Waals surface area contributed by atoms with Crippen LogP contribution in [0, 0.1) is 5.41 Å². The number of hydrogen-bond acceptors (Lipinski definition) is 1. The molecule has 17 heavy (non-hydrogen) atoms. The lowest BCUT2D eigenvalue weighted by Gasteiger charge is -2.34. The maximum absolute atomic E-state index is 12.0. The molecule has 90 valence electrons. The molecular formula is C15H19NO. The van der Waals surface area contributed by atoms with E-state index in [9.17, 15) is 4.79 Å². The van der Waals surface area contributed by atoms with Crippen LogP contribution in [0.4, 0.5) is 0 Å². The third kappa shape index (κ3) is 1.78. The molecule has 2 unspecified atom stereocenters. The van der Waals surface area contributed by atoms with E-state index in [0.717, 1.165) is 5.57 Å². The fraction of sp³-hybridized carbons (Fsp3) is 0.400. The Labute approximate surface area is 103 Å². The van der Waals surface area contributed by atoms with Crippen LogP contribution in [0.3, 0.4) is 0 Å². The van der Waals surface area contributed by atoms with Crippen LogP contribution in [0.15, 0.2) is 42.5 Å². The lowest BCUT2D eigenvalue weighted by molar-refractivity contribution is -0.127. The Morgan fingerprint density at radius 3 is 2.53 bits per heavy atom. The van der Waals surface area contributed by atoms with Crippen LogP contribution < -0.4 is 0 Å². The number of benzene rings is 1. The minimum atomic E-state index is -0.160. The third-order valence-electron chi connectivity index (χ3n) is 3.99. The summed E-state index contributed by atoms with van der Waals surface area (Å²) >= 11 is 0. The fourth-order valence-electron chi connectivity index (χ4n) is 2.72. The van der Waals surface area contributed by atoms with Gasteiger partial charge in [-0.1, -0.05) is 49.4 Å². The molecule has 1 saturated heterocycles. The van der Waals surface area contributed by atoms with Gasteiger partial charge in [-0.3, -0.25) is 4.79 Å². The van der Waals surface area contributed by atoms with Crippen LogP contribution in [0.5, 0.6) is 0 Å². The van der Waals surface area contributed by atoms with E-state index in [1.165, 1.54) is 5.56 Å². The third-order valence-corrected chi connectivity index (χ3v) is 3.99. The Kier molecular flexibility index (Phi) is 2.82. The van der Waals surface area contributed by atoms with Crippen molar-refractivity contribution in [1.82, 2.24) is 4.90 Å². The number of amides is 1. The lowest BCUT2D eigenvalue weighted by Crippen LogP contribution is -2.29. The lowest BCUT2D eigenvalue weighted by atomic mass is 9.74. The average molecular weight is 229 g/mol. The molecule has 1 aliphatic heterocycles. The molecule has 1 amide bonds. The summed E-state index contributed by atoms with van der Waals surface area (Å²) in [5.41, 5.74) is 2.10. The first-order valence-electron chi connectivity index (χ1n) is 5.93. The molecule has 2 heteroatoms. The molecule has 0 aromatic heterocycles. The van der Waals surface area contributed by atoms with Gasteiger partial charge in [-0.05, 0) is 12.5 Å². The van der Waals surface area contributed by atoms with Crippen LogP contribution >= 0.6 is 0 Å². The van der Waals surface area contributed by atoms with Gasteiger partial charge in [-0.15, -0.1) is 0 Å². The molecule has 0 N–H and O–H groups in total. The number of nitrogens with zero attached hydrogens (tertiary/aromatic N) is 1. The molecule has 1 heterocycles. The fourth-order valence-corrected chi connectivity index (χ4v) is 2.72. The van der Waals surface area contributed by atoms with E-state index in [1.807, 2.05) is 37.1 Å². The second-order valence-corrected chi connectivity index (χ2v) is 5.19. The second-order valence-electron chi connectivity index (χ2n) is 5.19. The maximum atomic E-state index is 12.0. The smallest absolute Gasteiger partial charge is 0.223 e. The monoisotopic (exact) mass is 229 g/mol. The Morgan fingerprint density at radius 2 is 2.00 bits per heavy atom. The molecule has 2 rings (SSSR count). The van der Waals surface area contributed by atoms with Crippen LogP contribution in [-0.4, -0.2) is 17.9 Å². The van der Waals surface area contributed by atoms with E-state index in [4.69, 9.17) is 0 Å². The molecule has 0 saturated carbocycles. The standard InChI is InChI=1S/C15H19NO/c1-11(2)15(3)10-13(17)16(4)14(15)12-8-6-5-7-9-12/h5-9,14H,1,10H2,2-4H3. The minimum Gasteiger partial charge on any atom is -0.338 e. The quantitative estimate of drug-likeness (QED) is 0.713. The van der Waals surface area contributed by atoms with E-state index in [1.54, 1.807) is 0 Å². The van der Waals surface area contributed by atoms with Crippen molar-refractivity contribution in [3.63, 3.8) is 0 Å². The molecule has 1 aliphatic rings. The molecule has 0 spiro atoms. The number of hydrogen-bond donors (Lipinski definition) is 0. The molecule has 2 atom stereocenters. The van der Waals surface area contributed by atoms with Crippen molar-refractivity contribution in [2.45, 2.75) is 26.3 Å². The van der Waals surface area contributed by atoms with E-state index in [0.29, 0.717) is 6.42 Å². The predicted molar refractivity (Wildman–Crippen MR) is 69.5 cm³/mol. The summed E-state index contributed by atoms with van der Waals surface area (Å²) in [5.74, 6) is 0.198. The summed E-state index contributed by atoms with van der Waals surface area (Å²) in [6, 6.07) is 10.3. The normalized spacial score (nSPS) is 28.5. The molecule has 0 radical (unpaired) electrons. The summed E-state index contributed by atoms with van der Waals surface area (Å²) in [5, 5.41) is 0. The summed E-state index contributed by atoms with van der Waals surface area (Å²) in [4.78, 5) is 13.8. The molecular weight excluding hydrogens is 210 g/mol. The average Bonchev–Trinajstić information content (AvgIpc) is 2.52. The van der Waals surface area contributed by atoms with Crippen LogP contribution in [0.1, 0.15) is 31.9 Å². The number of rotatable bonds is 2. The maximum Gasteiger partial charge on any atom is 0.223 e. The van der Waals surface area contributed by atoms with Gasteiger partial charge in [-0.2, -0.15) is 0 Å². The van der Waals surface area contributed by atoms with Crippen molar-refractivity contribution >= 4 is 5.91 Å². The van der Waals surface area contributed by atoms with Gasteiger partial charge in [0.15, 0.2) is 0 Å². The summed E-state index contributed by atoms with van der Waals surface area (Å²) in [6.45, 7) is 8.22. The molecule has 0 aliphatic carbocycles. The highest BCUT2D eigenvalue weighted by molar-refractivity contribution is 5.81. The zero-order chi connectivity index (χ0) is 12.6. The molecule has 1 fully saturated rings. The summed E-state index contributed by atoms with van der Waals surface area (Å²) < 4.78 is 0. The van der Waals surface area contributed by atoms with Gasteiger partial charge in [0, 0.05) is 18.9 Å². The topological polar surface area (TPSA) is 20.3 Å². The first-order chi connectivity index (χ1) is 7.97. The largest absolute Gasteiger partial charge is 0.338 e. The summed E-state index contributed by atoms with van der Waals surface area (Å²) in [7, 11) is 1.88. The van der Waals surface area contributed by atoms with Crippen molar-refractivity contribution in [2.75, 3.05) is 7.05 Å². The second kappa shape index (κ2) is 4.02. The first kappa shape index (κ1) is 11.9. The highest BCUT2D eigenvalue weighted by Crippen LogP contribution is 2.50. The van der Waals surface area contributed by atoms with Gasteiger partial charge in [0.2, 0.25) is 5.91 Å². The molecule has 2 nitrogen and oxygen atoms in total. The van der Waals surface area contributed by atoms with Crippen LogP contribution in [0.2, 0.25) is 0 Å². The van der Waals surface area contributed by atoms with Crippen LogP contribution in [0.25, 0.3) is 0 Å². The van der Waals surface area contributed by atoms with Crippen molar-refractivity contribution in [1.29, 1.82) is 0 Å². The van der Waals surface area contributed by atoms with Gasteiger partial charge in [0.1, 0.15) is 0 Å². The highest BCUT2D eigenvalue weighted by Gasteiger charge is 2.48. The molecule has 1 aromatic carbocycles. The van der Waals surface area contributed by atoms with Crippen molar-refractivity contribution < 1.29 is 4.79 Å². The van der Waals surface area contributed by atoms with Gasteiger partial charge < -0.3 is 4.90 Å². The predicted octanol–water partition coefficient (Wildman–Crippen LogP) is 3.17. The van der Waals surface area contributed by atoms with Crippen LogP contribution in [-0.2, 0) is 4.79 Å². The summed E-state index contributed by atoms with van der Waals surface area (Å²) in [6.07, 6.45) is 0.554. The van der Waals surface area contributed by atoms with Crippen molar-refractivity contribution in [3.8, 4) is 0 Å². The zero-order valence-corrected chi connectivity index (χ0v) is 10.7. The van der Waals surface area contributed by atoms with E-state index in [2.05, 4.69) is 25.6 Å². The SMILES string of the molecule is C=C(C)C1(C)CC(=O)N(C)C1c1ccccc1. The van der Waals surface area contributed by atoms with Gasteiger partial charge >= 0.3 is 0 Å². The molecule has 1 aromatic rings. The Hall–Kier alpha value is -1.57. The zero-order valence-electron chi connectivity index (χ0n) is 10.7. The van der Waals surface area contributed by atoms with Crippen molar-refractivity contribution in [3.05, 3.63) is 48.0 Å². The first-order valence-corrected chi connectivity index (χ1v) is 5.93. The number of carbonyl (C=O) groups is 1. The Bertz CT molecular complexity index is 449. The van der Waals surface area contributed by atoms with Gasteiger partial charge in [0.05, 0.1) is 6.04 Å². The van der Waals surface area contributed by atoms with E-state index < -0.39 is 0 Å². The van der Waals surface area contributed by atoms with Gasteiger partial charge in [-0.25, -0.2) is 0 Å². The minimum absolute atomic E-state index is 0.105.